The van der Waals surface area contributed by atoms with Gasteiger partial charge in [0, 0.05) is 18.5 Å². The fourth-order valence-electron chi connectivity index (χ4n) is 2.57. The minimum atomic E-state index is -4.80. The molecular formula is C18H15Cl2F4N7O2. The second-order valence-electron chi connectivity index (χ2n) is 6.52. The van der Waals surface area contributed by atoms with Crippen molar-refractivity contribution in [2.45, 2.75) is 32.4 Å². The van der Waals surface area contributed by atoms with Gasteiger partial charge in [-0.25, -0.2) is 19.7 Å². The van der Waals surface area contributed by atoms with Crippen LogP contribution >= 0.6 is 23.2 Å². The maximum atomic E-state index is 13.3. The minimum absolute atomic E-state index is 0.146. The van der Waals surface area contributed by atoms with Crippen molar-refractivity contribution in [3.05, 3.63) is 52.3 Å². The van der Waals surface area contributed by atoms with Crippen LogP contribution in [0.25, 0.3) is 5.95 Å². The molecule has 0 aliphatic rings. The number of rotatable bonds is 7. The van der Waals surface area contributed by atoms with E-state index in [2.05, 4.69) is 35.4 Å². The molecular weight excluding hydrogens is 493 g/mol. The molecule has 3 rings (SSSR count). The van der Waals surface area contributed by atoms with E-state index in [0.717, 1.165) is 12.1 Å². The SMILES string of the molecule is Cc1nc(C(C)NC(=O)Nc2cc(OC(F)(F)C(F)F)c(Cl)cc2Cl)n(-c2ncccn2)n1. The number of hydrogen-bond acceptors (Lipinski definition) is 6. The molecule has 0 aliphatic heterocycles. The van der Waals surface area contributed by atoms with E-state index in [1.165, 1.54) is 17.1 Å². The van der Waals surface area contributed by atoms with E-state index >= 15 is 0 Å². The number of halogens is 6. The number of alkyl halides is 4. The maximum absolute atomic E-state index is 13.3. The molecule has 0 saturated heterocycles. The van der Waals surface area contributed by atoms with Gasteiger partial charge in [-0.15, -0.1) is 5.10 Å². The van der Waals surface area contributed by atoms with Crippen molar-refractivity contribution in [1.29, 1.82) is 0 Å². The number of aromatic nitrogens is 5. The van der Waals surface area contributed by atoms with Crippen molar-refractivity contribution in [3.63, 3.8) is 0 Å². The zero-order valence-electron chi connectivity index (χ0n) is 16.9. The fraction of sp³-hybridized carbons (Fsp3) is 0.278. The van der Waals surface area contributed by atoms with Crippen molar-refractivity contribution in [1.82, 2.24) is 30.0 Å². The molecule has 0 fully saturated rings. The molecule has 33 heavy (non-hydrogen) atoms. The summed E-state index contributed by atoms with van der Waals surface area (Å²) in [5.74, 6) is 0.126. The van der Waals surface area contributed by atoms with Gasteiger partial charge in [-0.05, 0) is 26.0 Å². The van der Waals surface area contributed by atoms with E-state index in [4.69, 9.17) is 23.2 Å². The van der Waals surface area contributed by atoms with Crippen molar-refractivity contribution in [2.75, 3.05) is 5.32 Å². The molecule has 176 valence electrons. The van der Waals surface area contributed by atoms with Crippen LogP contribution in [0.4, 0.5) is 28.0 Å². The summed E-state index contributed by atoms with van der Waals surface area (Å²) in [4.78, 5) is 24.9. The van der Waals surface area contributed by atoms with Crippen molar-refractivity contribution in [2.24, 2.45) is 0 Å². The summed E-state index contributed by atoms with van der Waals surface area (Å²) in [5.41, 5.74) is -0.213. The Kier molecular flexibility index (Phi) is 7.22. The van der Waals surface area contributed by atoms with Gasteiger partial charge in [-0.2, -0.15) is 22.2 Å². The number of carbonyl (C=O) groups is 1. The van der Waals surface area contributed by atoms with E-state index in [9.17, 15) is 22.4 Å². The topological polar surface area (TPSA) is 107 Å². The molecule has 0 aliphatic carbocycles. The lowest BCUT2D eigenvalue weighted by Gasteiger charge is -2.19. The highest BCUT2D eigenvalue weighted by Crippen LogP contribution is 2.38. The molecule has 0 bridgehead atoms. The second-order valence-corrected chi connectivity index (χ2v) is 7.34. The summed E-state index contributed by atoms with van der Waals surface area (Å²) in [6.07, 6.45) is -5.88. The Morgan fingerprint density at radius 1 is 1.18 bits per heavy atom. The molecule has 15 heteroatoms. The molecule has 1 unspecified atom stereocenters. The first-order valence-corrected chi connectivity index (χ1v) is 9.86. The number of hydrogen-bond donors (Lipinski definition) is 2. The summed E-state index contributed by atoms with van der Waals surface area (Å²) in [5, 5.41) is 8.49. The highest BCUT2D eigenvalue weighted by molar-refractivity contribution is 6.37. The molecule has 2 heterocycles. The minimum Gasteiger partial charge on any atom is -0.427 e. The summed E-state index contributed by atoms with van der Waals surface area (Å²) >= 11 is 11.7. The third-order valence-corrected chi connectivity index (χ3v) is 4.59. The first-order valence-electron chi connectivity index (χ1n) is 9.10. The van der Waals surface area contributed by atoms with E-state index in [1.807, 2.05) is 0 Å². The number of ether oxygens (including phenoxy) is 1. The third-order valence-electron chi connectivity index (χ3n) is 3.98. The van der Waals surface area contributed by atoms with Gasteiger partial charge in [0.1, 0.15) is 11.6 Å². The highest BCUT2D eigenvalue weighted by atomic mass is 35.5. The lowest BCUT2D eigenvalue weighted by atomic mass is 10.3. The summed E-state index contributed by atoms with van der Waals surface area (Å²) in [6.45, 7) is 3.24. The van der Waals surface area contributed by atoms with Crippen molar-refractivity contribution < 1.29 is 27.1 Å². The standard InChI is InChI=1S/C18H15Cl2F4N7O2/c1-8(14-28-9(2)30-31(14)16-25-4-3-5-26-16)27-17(32)29-12-7-13(11(20)6-10(12)19)33-18(23,24)15(21)22/h3-8,15H,1-2H3,(H2,27,29,32). The van der Waals surface area contributed by atoms with Gasteiger partial charge in [0.05, 0.1) is 21.8 Å². The van der Waals surface area contributed by atoms with Gasteiger partial charge in [-0.3, -0.25) is 0 Å². The van der Waals surface area contributed by atoms with Crippen LogP contribution in [0.15, 0.2) is 30.6 Å². The molecule has 3 aromatic rings. The van der Waals surface area contributed by atoms with Crippen molar-refractivity contribution >= 4 is 34.9 Å². The molecule has 0 radical (unpaired) electrons. The lowest BCUT2D eigenvalue weighted by Crippen LogP contribution is -2.34. The average Bonchev–Trinajstić information content (AvgIpc) is 3.14. The zero-order chi connectivity index (χ0) is 24.3. The Hall–Kier alpha value is -3.19. The van der Waals surface area contributed by atoms with Crippen molar-refractivity contribution in [3.8, 4) is 11.7 Å². The number of anilines is 1. The zero-order valence-corrected chi connectivity index (χ0v) is 18.4. The van der Waals surface area contributed by atoms with Gasteiger partial charge in [0.15, 0.2) is 5.82 Å². The normalized spacial score (nSPS) is 12.5. The predicted octanol–water partition coefficient (Wildman–Crippen LogP) is 4.79. The Morgan fingerprint density at radius 2 is 1.85 bits per heavy atom. The van der Waals surface area contributed by atoms with E-state index in [1.54, 1.807) is 19.9 Å². The molecule has 1 aromatic carbocycles. The predicted molar refractivity (Wildman–Crippen MR) is 110 cm³/mol. The molecule has 2 N–H and O–H groups in total. The molecule has 2 amide bonds. The lowest BCUT2D eigenvalue weighted by molar-refractivity contribution is -0.253. The van der Waals surface area contributed by atoms with Gasteiger partial charge in [0.2, 0.25) is 0 Å². The average molecular weight is 508 g/mol. The quantitative estimate of drug-likeness (QED) is 0.445. The Bertz CT molecular complexity index is 1150. The number of carbonyl (C=O) groups excluding carboxylic acids is 1. The van der Waals surface area contributed by atoms with Crippen LogP contribution < -0.4 is 15.4 Å². The van der Waals surface area contributed by atoms with Crippen LogP contribution in [0, 0.1) is 6.92 Å². The summed E-state index contributed by atoms with van der Waals surface area (Å²) < 4.78 is 56.7. The Labute approximate surface area is 194 Å². The number of nitrogens with zero attached hydrogens (tertiary/aromatic N) is 5. The number of aryl methyl sites for hydroxylation is 1. The Balaban J connectivity index is 1.77. The second kappa shape index (κ2) is 9.75. The first kappa shape index (κ1) is 24.5. The number of urea groups is 1. The van der Waals surface area contributed by atoms with Crippen LogP contribution in [-0.2, 0) is 0 Å². The third kappa shape index (κ3) is 5.79. The van der Waals surface area contributed by atoms with Gasteiger partial charge >= 0.3 is 18.6 Å². The van der Waals surface area contributed by atoms with E-state index < -0.39 is 35.4 Å². The number of amides is 2. The van der Waals surface area contributed by atoms with E-state index in [0.29, 0.717) is 11.6 Å². The highest BCUT2D eigenvalue weighted by Gasteiger charge is 2.44. The van der Waals surface area contributed by atoms with Gasteiger partial charge in [0.25, 0.3) is 5.95 Å². The van der Waals surface area contributed by atoms with Crippen LogP contribution in [0.2, 0.25) is 10.0 Å². The van der Waals surface area contributed by atoms with E-state index in [-0.39, 0.29) is 16.7 Å². The summed E-state index contributed by atoms with van der Waals surface area (Å²) in [7, 11) is 0. The van der Waals surface area contributed by atoms with Crippen LogP contribution in [0.3, 0.4) is 0 Å². The fourth-order valence-corrected chi connectivity index (χ4v) is 3.04. The van der Waals surface area contributed by atoms with Crippen LogP contribution in [0.1, 0.15) is 24.6 Å². The molecule has 1 atom stereocenters. The van der Waals surface area contributed by atoms with Crippen LogP contribution in [-0.4, -0.2) is 43.3 Å². The van der Waals surface area contributed by atoms with Gasteiger partial charge < -0.3 is 15.4 Å². The molecule has 9 nitrogen and oxygen atoms in total. The maximum Gasteiger partial charge on any atom is 0.461 e. The molecule has 0 saturated carbocycles. The molecule has 0 spiro atoms. The smallest absolute Gasteiger partial charge is 0.427 e. The largest absolute Gasteiger partial charge is 0.461 e. The van der Waals surface area contributed by atoms with Gasteiger partial charge in [-0.1, -0.05) is 23.2 Å². The summed E-state index contributed by atoms with van der Waals surface area (Å²) in [6, 6.07) is 1.84. The Morgan fingerprint density at radius 3 is 2.48 bits per heavy atom. The molecule has 2 aromatic heterocycles. The first-order chi connectivity index (χ1) is 15.5. The van der Waals surface area contributed by atoms with Crippen LogP contribution in [0.5, 0.6) is 5.75 Å². The number of nitrogens with one attached hydrogen (secondary N) is 2. The monoisotopic (exact) mass is 507 g/mol. The number of benzene rings is 1.